The Kier molecular flexibility index (Phi) is 5.27. The lowest BCUT2D eigenvalue weighted by Gasteiger charge is -2.04. The maximum atomic E-state index is 10.6. The van der Waals surface area contributed by atoms with Crippen molar-refractivity contribution in [3.63, 3.8) is 0 Å². The zero-order chi connectivity index (χ0) is 16.3. The molecule has 2 aromatic rings. The van der Waals surface area contributed by atoms with Gasteiger partial charge in [-0.15, -0.1) is 0 Å². The first kappa shape index (κ1) is 17.0. The second-order valence-electron chi connectivity index (χ2n) is 4.74. The third kappa shape index (κ3) is 4.32. The van der Waals surface area contributed by atoms with Gasteiger partial charge in [0.05, 0.1) is 17.1 Å². The Morgan fingerprint density at radius 2 is 2.09 bits per heavy atom. The largest absolute Gasteiger partial charge is 0.490 e. The fourth-order valence-corrected chi connectivity index (χ4v) is 2.58. The van der Waals surface area contributed by atoms with Crippen LogP contribution in [0, 0.1) is 3.57 Å². The van der Waals surface area contributed by atoms with Crippen LogP contribution in [0.1, 0.15) is 24.7 Å². The zero-order valence-electron chi connectivity index (χ0n) is 11.2. The normalized spacial score (nSPS) is 18.1. The third-order valence-corrected chi connectivity index (χ3v) is 3.77. The van der Waals surface area contributed by atoms with Crippen LogP contribution in [0.2, 0.25) is 0 Å². The van der Waals surface area contributed by atoms with Gasteiger partial charge in [0.15, 0.2) is 0 Å². The maximum absolute atomic E-state index is 10.6. The highest BCUT2D eigenvalue weighted by Gasteiger charge is 2.38. The van der Waals surface area contributed by atoms with Gasteiger partial charge in [-0.2, -0.15) is 13.2 Å². The number of carboxylic acids is 1. The van der Waals surface area contributed by atoms with Gasteiger partial charge < -0.3 is 15.4 Å². The molecule has 0 bridgehead atoms. The number of halogens is 4. The first-order valence-corrected chi connectivity index (χ1v) is 7.54. The average Bonchev–Trinajstić information content (AvgIpc) is 3.06. The van der Waals surface area contributed by atoms with Crippen LogP contribution in [0.15, 0.2) is 18.2 Å². The summed E-state index contributed by atoms with van der Waals surface area (Å²) in [5, 5.41) is 10.6. The number of hydrogen-bond donors (Lipinski definition) is 3. The van der Waals surface area contributed by atoms with Gasteiger partial charge >= 0.3 is 12.1 Å². The van der Waals surface area contributed by atoms with Gasteiger partial charge in [0.25, 0.3) is 0 Å². The molecule has 0 spiro atoms. The van der Waals surface area contributed by atoms with Gasteiger partial charge in [-0.3, -0.25) is 0 Å². The van der Waals surface area contributed by atoms with Crippen molar-refractivity contribution in [1.82, 2.24) is 15.3 Å². The van der Waals surface area contributed by atoms with E-state index in [1.54, 1.807) is 0 Å². The fourth-order valence-electron chi connectivity index (χ4n) is 2.08. The third-order valence-electron chi connectivity index (χ3n) is 3.10. The van der Waals surface area contributed by atoms with Gasteiger partial charge in [0.2, 0.25) is 0 Å². The molecule has 0 aliphatic carbocycles. The lowest BCUT2D eigenvalue weighted by atomic mass is 10.2. The molecule has 1 aromatic heterocycles. The number of alkyl halides is 3. The summed E-state index contributed by atoms with van der Waals surface area (Å²) in [6.45, 7) is 1.11. The van der Waals surface area contributed by atoms with Gasteiger partial charge in [-0.25, -0.2) is 9.78 Å². The smallest absolute Gasteiger partial charge is 0.475 e. The van der Waals surface area contributed by atoms with Crippen molar-refractivity contribution in [2.75, 3.05) is 6.54 Å². The van der Waals surface area contributed by atoms with Gasteiger partial charge in [0.1, 0.15) is 5.82 Å². The standard InChI is InChI=1S/C11H12IN3.C2HF3O2/c12-7-3-4-8-10(6-7)15-11(14-8)9-2-1-5-13-9;3-2(4,5)1(6)7/h3-4,6,9,13H,1-2,5H2,(H,14,15);(H,6,7)/t9-;/m0./s1. The summed E-state index contributed by atoms with van der Waals surface area (Å²) < 4.78 is 33.0. The van der Waals surface area contributed by atoms with Crippen molar-refractivity contribution >= 4 is 39.6 Å². The number of imidazole rings is 1. The number of H-pyrrole nitrogens is 1. The number of carboxylic acid groups (broad SMARTS) is 1. The number of aliphatic carboxylic acids is 1. The minimum atomic E-state index is -5.08. The van der Waals surface area contributed by atoms with Crippen molar-refractivity contribution in [2.24, 2.45) is 0 Å². The van der Waals surface area contributed by atoms with Gasteiger partial charge in [-0.1, -0.05) is 0 Å². The predicted molar refractivity (Wildman–Crippen MR) is 82.5 cm³/mol. The van der Waals surface area contributed by atoms with Crippen molar-refractivity contribution in [1.29, 1.82) is 0 Å². The summed E-state index contributed by atoms with van der Waals surface area (Å²) in [6.07, 6.45) is -2.64. The molecule has 0 saturated carbocycles. The molecule has 3 rings (SSSR count). The van der Waals surface area contributed by atoms with E-state index in [1.165, 1.54) is 16.4 Å². The molecule has 1 aliphatic heterocycles. The van der Waals surface area contributed by atoms with E-state index in [1.807, 2.05) is 0 Å². The van der Waals surface area contributed by atoms with E-state index >= 15 is 0 Å². The molecule has 1 saturated heterocycles. The lowest BCUT2D eigenvalue weighted by Crippen LogP contribution is -2.21. The first-order valence-electron chi connectivity index (χ1n) is 6.46. The van der Waals surface area contributed by atoms with E-state index in [0.717, 1.165) is 23.4 Å². The number of carbonyl (C=O) groups is 1. The van der Waals surface area contributed by atoms with Crippen LogP contribution < -0.4 is 5.32 Å². The number of hydrogen-bond acceptors (Lipinski definition) is 3. The van der Waals surface area contributed by atoms with Crippen molar-refractivity contribution in [2.45, 2.75) is 25.1 Å². The van der Waals surface area contributed by atoms with Gasteiger partial charge in [-0.05, 0) is 60.2 Å². The highest BCUT2D eigenvalue weighted by atomic mass is 127. The lowest BCUT2D eigenvalue weighted by molar-refractivity contribution is -0.192. The molecule has 0 radical (unpaired) electrons. The highest BCUT2D eigenvalue weighted by Crippen LogP contribution is 2.23. The summed E-state index contributed by atoms with van der Waals surface area (Å²) in [7, 11) is 0. The van der Waals surface area contributed by atoms with Crippen molar-refractivity contribution < 1.29 is 23.1 Å². The Balaban J connectivity index is 0.000000217. The Morgan fingerprint density at radius 1 is 1.41 bits per heavy atom. The van der Waals surface area contributed by atoms with Crippen LogP contribution in [0.4, 0.5) is 13.2 Å². The molecule has 22 heavy (non-hydrogen) atoms. The predicted octanol–water partition coefficient (Wildman–Crippen LogP) is 3.23. The maximum Gasteiger partial charge on any atom is 0.490 e. The molecule has 2 heterocycles. The molecule has 5 nitrogen and oxygen atoms in total. The van der Waals surface area contributed by atoms with Crippen LogP contribution >= 0.6 is 22.6 Å². The molecule has 3 N–H and O–H groups in total. The summed E-state index contributed by atoms with van der Waals surface area (Å²) in [4.78, 5) is 16.9. The monoisotopic (exact) mass is 427 g/mol. The number of nitrogens with zero attached hydrogens (tertiary/aromatic N) is 1. The first-order chi connectivity index (χ1) is 10.3. The summed E-state index contributed by atoms with van der Waals surface area (Å²) >= 11 is 2.32. The van der Waals surface area contributed by atoms with Crippen LogP contribution in [0.3, 0.4) is 0 Å². The van der Waals surface area contributed by atoms with Crippen LogP contribution in [0.25, 0.3) is 11.0 Å². The molecule has 1 aromatic carbocycles. The van der Waals surface area contributed by atoms with Crippen LogP contribution in [0.5, 0.6) is 0 Å². The highest BCUT2D eigenvalue weighted by molar-refractivity contribution is 14.1. The number of aromatic amines is 1. The Hall–Kier alpha value is -1.36. The second-order valence-corrected chi connectivity index (χ2v) is 5.98. The quantitative estimate of drug-likeness (QED) is 0.611. The molecule has 9 heteroatoms. The Morgan fingerprint density at radius 3 is 2.64 bits per heavy atom. The molecule has 0 unspecified atom stereocenters. The Bertz CT molecular complexity index is 666. The molecule has 1 fully saturated rings. The molecule has 120 valence electrons. The SMILES string of the molecule is Ic1ccc2nc([C@@H]3CCCN3)[nH]c2c1.O=C(O)C(F)(F)F. The van der Waals surface area contributed by atoms with E-state index in [9.17, 15) is 13.2 Å². The van der Waals surface area contributed by atoms with E-state index in [2.05, 4.69) is 56.1 Å². The van der Waals surface area contributed by atoms with Gasteiger partial charge in [0, 0.05) is 3.57 Å². The molecule has 1 aliphatic rings. The zero-order valence-corrected chi connectivity index (χ0v) is 13.4. The summed E-state index contributed by atoms with van der Waals surface area (Å²) in [6, 6.07) is 6.73. The number of aromatic nitrogens is 2. The number of rotatable bonds is 1. The number of benzene rings is 1. The molecule has 0 amide bonds. The average molecular weight is 427 g/mol. The summed E-state index contributed by atoms with van der Waals surface area (Å²) in [5.74, 6) is -1.67. The molecule has 1 atom stereocenters. The van der Waals surface area contributed by atoms with Crippen molar-refractivity contribution in [3.05, 3.63) is 27.6 Å². The topological polar surface area (TPSA) is 78.0 Å². The Labute approximate surface area is 137 Å². The minimum absolute atomic E-state index is 0.426. The second kappa shape index (κ2) is 6.82. The van der Waals surface area contributed by atoms with Crippen LogP contribution in [-0.4, -0.2) is 33.8 Å². The van der Waals surface area contributed by atoms with E-state index in [4.69, 9.17) is 9.90 Å². The van der Waals surface area contributed by atoms with E-state index in [0.29, 0.717) is 6.04 Å². The van der Waals surface area contributed by atoms with Crippen molar-refractivity contribution in [3.8, 4) is 0 Å². The number of fused-ring (bicyclic) bond motifs is 1. The van der Waals surface area contributed by atoms with Crippen LogP contribution in [-0.2, 0) is 4.79 Å². The molecular formula is C13H13F3IN3O2. The van der Waals surface area contributed by atoms with E-state index < -0.39 is 12.1 Å². The van der Waals surface area contributed by atoms with E-state index in [-0.39, 0.29) is 0 Å². The number of nitrogens with one attached hydrogen (secondary N) is 2. The fraction of sp³-hybridized carbons (Fsp3) is 0.385. The molecular weight excluding hydrogens is 414 g/mol. The minimum Gasteiger partial charge on any atom is -0.475 e. The summed E-state index contributed by atoms with van der Waals surface area (Å²) in [5.41, 5.74) is 2.21.